The standard InChI is InChI=1S/C18H21NO2/c1-13-9-8-10-14(2)17(13)19(15(3)18(20)21-4)16-11-6-5-7-12-16/h5-12,15H,1-4H3. The molecule has 0 heterocycles. The van der Waals surface area contributed by atoms with Crippen LogP contribution in [0.1, 0.15) is 18.1 Å². The molecule has 0 saturated heterocycles. The predicted molar refractivity (Wildman–Crippen MR) is 86.0 cm³/mol. The fraction of sp³-hybridized carbons (Fsp3) is 0.278. The summed E-state index contributed by atoms with van der Waals surface area (Å²) in [6.45, 7) is 5.98. The van der Waals surface area contributed by atoms with E-state index in [1.54, 1.807) is 0 Å². The van der Waals surface area contributed by atoms with Crippen molar-refractivity contribution in [2.24, 2.45) is 0 Å². The van der Waals surface area contributed by atoms with Crippen molar-refractivity contribution in [2.75, 3.05) is 12.0 Å². The first-order chi connectivity index (χ1) is 10.1. The van der Waals surface area contributed by atoms with Gasteiger partial charge in [-0.1, -0.05) is 36.4 Å². The van der Waals surface area contributed by atoms with Gasteiger partial charge in [0.05, 0.1) is 7.11 Å². The molecule has 0 bridgehead atoms. The highest BCUT2D eigenvalue weighted by atomic mass is 16.5. The van der Waals surface area contributed by atoms with E-state index in [0.717, 1.165) is 22.5 Å². The van der Waals surface area contributed by atoms with E-state index in [2.05, 4.69) is 26.0 Å². The van der Waals surface area contributed by atoms with Crippen molar-refractivity contribution in [3.05, 3.63) is 59.7 Å². The van der Waals surface area contributed by atoms with Crippen molar-refractivity contribution in [3.8, 4) is 0 Å². The van der Waals surface area contributed by atoms with Crippen LogP contribution in [0, 0.1) is 13.8 Å². The van der Waals surface area contributed by atoms with Crippen molar-refractivity contribution in [2.45, 2.75) is 26.8 Å². The summed E-state index contributed by atoms with van der Waals surface area (Å²) in [6, 6.07) is 15.7. The first-order valence-electron chi connectivity index (χ1n) is 7.04. The van der Waals surface area contributed by atoms with E-state index in [1.165, 1.54) is 7.11 Å². The highest BCUT2D eigenvalue weighted by molar-refractivity contribution is 5.85. The van der Waals surface area contributed by atoms with Crippen molar-refractivity contribution in [3.63, 3.8) is 0 Å². The molecule has 0 aliphatic heterocycles. The lowest BCUT2D eigenvalue weighted by molar-refractivity contribution is -0.141. The first kappa shape index (κ1) is 15.1. The summed E-state index contributed by atoms with van der Waals surface area (Å²) < 4.78 is 4.94. The molecule has 0 aromatic heterocycles. The number of hydrogen-bond acceptors (Lipinski definition) is 3. The molecule has 0 fully saturated rings. The molecular formula is C18H21NO2. The van der Waals surface area contributed by atoms with Gasteiger partial charge in [0.15, 0.2) is 0 Å². The van der Waals surface area contributed by atoms with Gasteiger partial charge < -0.3 is 9.64 Å². The Kier molecular flexibility index (Phi) is 4.63. The lowest BCUT2D eigenvalue weighted by Crippen LogP contribution is -2.37. The second-order valence-corrected chi connectivity index (χ2v) is 5.15. The van der Waals surface area contributed by atoms with Crippen LogP contribution >= 0.6 is 0 Å². The van der Waals surface area contributed by atoms with Crippen molar-refractivity contribution >= 4 is 17.3 Å². The molecule has 21 heavy (non-hydrogen) atoms. The van der Waals surface area contributed by atoms with Crippen molar-refractivity contribution in [1.82, 2.24) is 0 Å². The zero-order chi connectivity index (χ0) is 15.4. The van der Waals surface area contributed by atoms with Crippen LogP contribution in [0.15, 0.2) is 48.5 Å². The number of para-hydroxylation sites is 2. The Morgan fingerprint density at radius 3 is 2.10 bits per heavy atom. The van der Waals surface area contributed by atoms with Gasteiger partial charge in [0.25, 0.3) is 0 Å². The molecular weight excluding hydrogens is 262 g/mol. The summed E-state index contributed by atoms with van der Waals surface area (Å²) >= 11 is 0. The van der Waals surface area contributed by atoms with Crippen molar-refractivity contribution < 1.29 is 9.53 Å². The van der Waals surface area contributed by atoms with E-state index < -0.39 is 6.04 Å². The number of hydrogen-bond donors (Lipinski definition) is 0. The van der Waals surface area contributed by atoms with Gasteiger partial charge in [0, 0.05) is 11.4 Å². The fourth-order valence-corrected chi connectivity index (χ4v) is 2.60. The first-order valence-corrected chi connectivity index (χ1v) is 7.04. The number of aryl methyl sites for hydroxylation is 2. The molecule has 110 valence electrons. The molecule has 0 aliphatic rings. The van der Waals surface area contributed by atoms with Gasteiger partial charge in [-0.2, -0.15) is 0 Å². The smallest absolute Gasteiger partial charge is 0.328 e. The summed E-state index contributed by atoms with van der Waals surface area (Å²) in [4.78, 5) is 14.1. The number of anilines is 2. The van der Waals surface area contributed by atoms with Crippen molar-refractivity contribution in [1.29, 1.82) is 0 Å². The number of benzene rings is 2. The van der Waals surface area contributed by atoms with Crippen LogP contribution < -0.4 is 4.90 Å². The van der Waals surface area contributed by atoms with Crippen LogP contribution in [0.5, 0.6) is 0 Å². The Morgan fingerprint density at radius 2 is 1.57 bits per heavy atom. The number of ether oxygens (including phenoxy) is 1. The number of nitrogens with zero attached hydrogens (tertiary/aromatic N) is 1. The van der Waals surface area contributed by atoms with Crippen LogP contribution in [0.3, 0.4) is 0 Å². The third-order valence-corrected chi connectivity index (χ3v) is 3.64. The number of methoxy groups -OCH3 is 1. The Bertz CT molecular complexity index is 602. The lowest BCUT2D eigenvalue weighted by Gasteiger charge is -2.32. The highest BCUT2D eigenvalue weighted by Gasteiger charge is 2.26. The molecule has 3 nitrogen and oxygen atoms in total. The summed E-state index contributed by atoms with van der Waals surface area (Å²) in [5.74, 6) is -0.249. The molecule has 1 atom stereocenters. The van der Waals surface area contributed by atoms with Crippen LogP contribution in [-0.2, 0) is 9.53 Å². The molecule has 0 spiro atoms. The highest BCUT2D eigenvalue weighted by Crippen LogP contribution is 2.33. The minimum Gasteiger partial charge on any atom is -0.467 e. The maximum absolute atomic E-state index is 12.1. The topological polar surface area (TPSA) is 29.5 Å². The third kappa shape index (κ3) is 3.07. The minimum atomic E-state index is -0.391. The number of carbonyl (C=O) groups excluding carboxylic acids is 1. The van der Waals surface area contributed by atoms with Gasteiger partial charge in [-0.25, -0.2) is 4.79 Å². The van der Waals surface area contributed by atoms with E-state index in [9.17, 15) is 4.79 Å². The van der Waals surface area contributed by atoms with Gasteiger partial charge in [0.2, 0.25) is 0 Å². The predicted octanol–water partition coefficient (Wildman–Crippen LogP) is 4.00. The summed E-state index contributed by atoms with van der Waals surface area (Å²) in [7, 11) is 1.42. The average Bonchev–Trinajstić information content (AvgIpc) is 2.50. The van der Waals surface area contributed by atoms with Gasteiger partial charge in [-0.15, -0.1) is 0 Å². The third-order valence-electron chi connectivity index (χ3n) is 3.64. The summed E-state index contributed by atoms with van der Waals surface area (Å²) in [5.41, 5.74) is 4.30. The molecule has 0 aliphatic carbocycles. The zero-order valence-electron chi connectivity index (χ0n) is 13.0. The van der Waals surface area contributed by atoms with Crippen LogP contribution in [0.25, 0.3) is 0 Å². The zero-order valence-corrected chi connectivity index (χ0v) is 13.0. The normalized spacial score (nSPS) is 11.8. The van der Waals surface area contributed by atoms with Gasteiger partial charge in [-0.05, 0) is 44.0 Å². The molecule has 3 heteroatoms. The number of carbonyl (C=O) groups is 1. The Hall–Kier alpha value is -2.29. The molecule has 0 radical (unpaired) electrons. The average molecular weight is 283 g/mol. The summed E-state index contributed by atoms with van der Waals surface area (Å²) in [5, 5.41) is 0. The molecule has 2 aromatic rings. The minimum absolute atomic E-state index is 0.249. The van der Waals surface area contributed by atoms with Crippen LogP contribution in [-0.4, -0.2) is 19.1 Å². The molecule has 2 aromatic carbocycles. The SMILES string of the molecule is COC(=O)C(C)N(c1ccccc1)c1c(C)cccc1C. The Labute approximate surface area is 126 Å². The van der Waals surface area contributed by atoms with Gasteiger partial charge in [-0.3, -0.25) is 0 Å². The number of rotatable bonds is 4. The van der Waals surface area contributed by atoms with E-state index >= 15 is 0 Å². The second-order valence-electron chi connectivity index (χ2n) is 5.15. The monoisotopic (exact) mass is 283 g/mol. The van der Waals surface area contributed by atoms with E-state index in [4.69, 9.17) is 4.74 Å². The number of esters is 1. The van der Waals surface area contributed by atoms with Crippen LogP contribution in [0.2, 0.25) is 0 Å². The summed E-state index contributed by atoms with van der Waals surface area (Å²) in [6.07, 6.45) is 0. The fourth-order valence-electron chi connectivity index (χ4n) is 2.60. The Morgan fingerprint density at radius 1 is 1.00 bits per heavy atom. The molecule has 0 amide bonds. The lowest BCUT2D eigenvalue weighted by atomic mass is 10.0. The largest absolute Gasteiger partial charge is 0.467 e. The molecule has 2 rings (SSSR count). The van der Waals surface area contributed by atoms with Gasteiger partial charge >= 0.3 is 5.97 Å². The maximum Gasteiger partial charge on any atom is 0.328 e. The maximum atomic E-state index is 12.1. The quantitative estimate of drug-likeness (QED) is 0.794. The van der Waals surface area contributed by atoms with Gasteiger partial charge in [0.1, 0.15) is 6.04 Å². The second kappa shape index (κ2) is 6.44. The molecule has 1 unspecified atom stereocenters. The molecule has 0 saturated carbocycles. The van der Waals surface area contributed by atoms with E-state index in [0.29, 0.717) is 0 Å². The van der Waals surface area contributed by atoms with E-state index in [-0.39, 0.29) is 5.97 Å². The molecule has 0 N–H and O–H groups in total. The van der Waals surface area contributed by atoms with Crippen LogP contribution in [0.4, 0.5) is 11.4 Å². The Balaban J connectivity index is 2.59. The van der Waals surface area contributed by atoms with E-state index in [1.807, 2.05) is 48.2 Å².